The molecule has 2 heterocycles. The lowest BCUT2D eigenvalue weighted by atomic mass is 10.3. The molecule has 0 N–H and O–H groups in total. The molecule has 0 saturated carbocycles. The van der Waals surface area contributed by atoms with E-state index < -0.39 is 0 Å². The molecular weight excluding hydrogens is 282 g/mol. The monoisotopic (exact) mass is 301 g/mol. The predicted octanol–water partition coefficient (Wildman–Crippen LogP) is 1.51. The maximum absolute atomic E-state index is 12.1. The van der Waals surface area contributed by atoms with Crippen LogP contribution in [0.5, 0.6) is 5.75 Å². The third kappa shape index (κ3) is 3.65. The minimum atomic E-state index is -0.0855. The second kappa shape index (κ2) is 7.09. The molecule has 1 aliphatic rings. The molecule has 0 unspecified atom stereocenters. The molecule has 1 saturated heterocycles. The molecule has 1 aromatic carbocycles. The van der Waals surface area contributed by atoms with Gasteiger partial charge in [0.15, 0.2) is 6.39 Å². The van der Waals surface area contributed by atoms with Gasteiger partial charge in [-0.1, -0.05) is 18.2 Å². The number of para-hydroxylation sites is 1. The number of ether oxygens (including phenoxy) is 1. The van der Waals surface area contributed by atoms with Crippen LogP contribution >= 0.6 is 0 Å². The van der Waals surface area contributed by atoms with E-state index in [0.717, 1.165) is 25.4 Å². The van der Waals surface area contributed by atoms with Crippen molar-refractivity contribution in [3.8, 4) is 5.75 Å². The van der Waals surface area contributed by atoms with Gasteiger partial charge in [-0.3, -0.25) is 9.69 Å². The van der Waals surface area contributed by atoms with Gasteiger partial charge in [0.2, 0.25) is 5.76 Å². The van der Waals surface area contributed by atoms with Crippen LogP contribution in [-0.2, 0) is 0 Å². The maximum Gasteiger partial charge on any atom is 0.291 e. The molecule has 0 radical (unpaired) electrons. The normalized spacial score (nSPS) is 15.7. The number of rotatable bonds is 5. The molecule has 0 aliphatic carbocycles. The predicted molar refractivity (Wildman–Crippen MR) is 80.8 cm³/mol. The van der Waals surface area contributed by atoms with Gasteiger partial charge in [0, 0.05) is 32.7 Å². The molecule has 2 aromatic rings. The summed E-state index contributed by atoms with van der Waals surface area (Å²) in [6.07, 6.45) is 2.74. The topological polar surface area (TPSA) is 58.8 Å². The van der Waals surface area contributed by atoms with E-state index in [1.807, 2.05) is 30.3 Å². The number of amides is 1. The Morgan fingerprint density at radius 1 is 1.18 bits per heavy atom. The second-order valence-electron chi connectivity index (χ2n) is 5.16. The molecular formula is C16H19N3O3. The highest BCUT2D eigenvalue weighted by Crippen LogP contribution is 2.10. The molecule has 1 aromatic heterocycles. The van der Waals surface area contributed by atoms with Crippen LogP contribution in [0.15, 0.2) is 47.3 Å². The zero-order chi connectivity index (χ0) is 15.2. The van der Waals surface area contributed by atoms with Crippen molar-refractivity contribution in [1.29, 1.82) is 0 Å². The lowest BCUT2D eigenvalue weighted by Crippen LogP contribution is -2.49. The van der Waals surface area contributed by atoms with Gasteiger partial charge < -0.3 is 14.1 Å². The Morgan fingerprint density at radius 2 is 1.95 bits per heavy atom. The first-order valence-electron chi connectivity index (χ1n) is 7.41. The summed E-state index contributed by atoms with van der Waals surface area (Å²) < 4.78 is 10.7. The SMILES string of the molecule is O=C(c1cnco1)N1CCN(CCOc2ccccc2)CC1. The lowest BCUT2D eigenvalue weighted by Gasteiger charge is -2.34. The summed E-state index contributed by atoms with van der Waals surface area (Å²) in [5.74, 6) is 1.11. The van der Waals surface area contributed by atoms with Crippen LogP contribution in [0.1, 0.15) is 10.6 Å². The van der Waals surface area contributed by atoms with Gasteiger partial charge in [-0.05, 0) is 12.1 Å². The summed E-state index contributed by atoms with van der Waals surface area (Å²) in [5, 5.41) is 0. The first-order chi connectivity index (χ1) is 10.8. The molecule has 1 aliphatic heterocycles. The molecule has 6 heteroatoms. The Balaban J connectivity index is 1.39. The second-order valence-corrected chi connectivity index (χ2v) is 5.16. The molecule has 116 valence electrons. The van der Waals surface area contributed by atoms with Gasteiger partial charge >= 0.3 is 0 Å². The summed E-state index contributed by atoms with van der Waals surface area (Å²) >= 11 is 0. The zero-order valence-electron chi connectivity index (χ0n) is 12.4. The van der Waals surface area contributed by atoms with Gasteiger partial charge in [0.1, 0.15) is 12.4 Å². The van der Waals surface area contributed by atoms with Crippen LogP contribution in [0.25, 0.3) is 0 Å². The number of hydrogen-bond donors (Lipinski definition) is 0. The van der Waals surface area contributed by atoms with Crippen molar-refractivity contribution in [3.05, 3.63) is 48.7 Å². The number of carbonyl (C=O) groups is 1. The maximum atomic E-state index is 12.1. The highest BCUT2D eigenvalue weighted by molar-refractivity contribution is 5.91. The van der Waals surface area contributed by atoms with Crippen LogP contribution in [0.4, 0.5) is 0 Å². The van der Waals surface area contributed by atoms with Gasteiger partial charge in [-0.2, -0.15) is 0 Å². The summed E-state index contributed by atoms with van der Waals surface area (Å²) in [6.45, 7) is 4.60. The van der Waals surface area contributed by atoms with E-state index in [2.05, 4.69) is 9.88 Å². The Bertz CT molecular complexity index is 578. The van der Waals surface area contributed by atoms with Gasteiger partial charge in [0.05, 0.1) is 6.20 Å². The van der Waals surface area contributed by atoms with E-state index in [1.54, 1.807) is 4.90 Å². The fraction of sp³-hybridized carbons (Fsp3) is 0.375. The Morgan fingerprint density at radius 3 is 2.64 bits per heavy atom. The van der Waals surface area contributed by atoms with E-state index in [9.17, 15) is 4.79 Å². The van der Waals surface area contributed by atoms with Crippen LogP contribution in [0, 0.1) is 0 Å². The Kier molecular flexibility index (Phi) is 4.70. The van der Waals surface area contributed by atoms with Crippen LogP contribution < -0.4 is 4.74 Å². The first kappa shape index (κ1) is 14.6. The lowest BCUT2D eigenvalue weighted by molar-refractivity contribution is 0.0590. The van der Waals surface area contributed by atoms with Crippen molar-refractivity contribution in [1.82, 2.24) is 14.8 Å². The van der Waals surface area contributed by atoms with Crippen molar-refractivity contribution < 1.29 is 13.9 Å². The number of piperazine rings is 1. The third-order valence-electron chi connectivity index (χ3n) is 3.72. The number of aromatic nitrogens is 1. The molecule has 3 rings (SSSR count). The van der Waals surface area contributed by atoms with Crippen molar-refractivity contribution in [2.75, 3.05) is 39.3 Å². The Labute approximate surface area is 129 Å². The number of nitrogens with zero attached hydrogens (tertiary/aromatic N) is 3. The van der Waals surface area contributed by atoms with E-state index in [1.165, 1.54) is 12.6 Å². The van der Waals surface area contributed by atoms with E-state index >= 15 is 0 Å². The van der Waals surface area contributed by atoms with Gasteiger partial charge in [-0.15, -0.1) is 0 Å². The summed E-state index contributed by atoms with van der Waals surface area (Å²) in [4.78, 5) is 20.0. The zero-order valence-corrected chi connectivity index (χ0v) is 12.4. The quantitative estimate of drug-likeness (QED) is 0.838. The smallest absolute Gasteiger partial charge is 0.291 e. The number of carbonyl (C=O) groups excluding carboxylic acids is 1. The number of oxazole rings is 1. The highest BCUT2D eigenvalue weighted by atomic mass is 16.5. The van der Waals surface area contributed by atoms with Crippen molar-refractivity contribution in [2.24, 2.45) is 0 Å². The average molecular weight is 301 g/mol. The third-order valence-corrected chi connectivity index (χ3v) is 3.72. The van der Waals surface area contributed by atoms with Crippen LogP contribution in [-0.4, -0.2) is 60.0 Å². The minimum absolute atomic E-state index is 0.0855. The molecule has 6 nitrogen and oxygen atoms in total. The Hall–Kier alpha value is -2.34. The first-order valence-corrected chi connectivity index (χ1v) is 7.41. The molecule has 22 heavy (non-hydrogen) atoms. The van der Waals surface area contributed by atoms with Crippen molar-refractivity contribution in [3.63, 3.8) is 0 Å². The summed E-state index contributed by atoms with van der Waals surface area (Å²) in [5.41, 5.74) is 0. The van der Waals surface area contributed by atoms with E-state index in [0.29, 0.717) is 25.5 Å². The van der Waals surface area contributed by atoms with Crippen molar-refractivity contribution >= 4 is 5.91 Å². The number of benzene rings is 1. The number of hydrogen-bond acceptors (Lipinski definition) is 5. The molecule has 1 fully saturated rings. The average Bonchev–Trinajstić information content (AvgIpc) is 3.10. The highest BCUT2D eigenvalue weighted by Gasteiger charge is 2.23. The molecule has 0 spiro atoms. The molecule has 0 atom stereocenters. The van der Waals surface area contributed by atoms with Crippen molar-refractivity contribution in [2.45, 2.75) is 0 Å². The fourth-order valence-electron chi connectivity index (χ4n) is 2.46. The van der Waals surface area contributed by atoms with Crippen LogP contribution in [0.2, 0.25) is 0 Å². The van der Waals surface area contributed by atoms with Gasteiger partial charge in [0.25, 0.3) is 5.91 Å². The standard InChI is InChI=1S/C16H19N3O3/c20-16(15-12-17-13-22-15)19-8-6-18(7-9-19)10-11-21-14-4-2-1-3-5-14/h1-5,12-13H,6-11H2. The summed E-state index contributed by atoms with van der Waals surface area (Å²) in [6, 6.07) is 9.80. The molecule has 0 bridgehead atoms. The van der Waals surface area contributed by atoms with E-state index in [-0.39, 0.29) is 5.91 Å². The van der Waals surface area contributed by atoms with Crippen LogP contribution in [0.3, 0.4) is 0 Å². The largest absolute Gasteiger partial charge is 0.492 e. The summed E-state index contributed by atoms with van der Waals surface area (Å²) in [7, 11) is 0. The molecule has 1 amide bonds. The minimum Gasteiger partial charge on any atom is -0.492 e. The fourth-order valence-corrected chi connectivity index (χ4v) is 2.46. The van der Waals surface area contributed by atoms with Gasteiger partial charge in [-0.25, -0.2) is 4.98 Å². The van der Waals surface area contributed by atoms with E-state index in [4.69, 9.17) is 9.15 Å².